The zero-order chi connectivity index (χ0) is 15.2. The van der Waals surface area contributed by atoms with E-state index in [1.165, 1.54) is 64.0 Å². The van der Waals surface area contributed by atoms with Crippen molar-refractivity contribution in [3.8, 4) is 5.75 Å². The molecule has 0 bridgehead atoms. The molecule has 1 aromatic rings. The van der Waals surface area contributed by atoms with Crippen LogP contribution in [-0.2, 0) is 6.42 Å². The Labute approximate surface area is 139 Å². The second-order valence-corrected chi connectivity index (χ2v) is 6.87. The van der Waals surface area contributed by atoms with E-state index in [-0.39, 0.29) is 0 Å². The second kappa shape index (κ2) is 8.19. The number of hydrogen-bond acceptors (Lipinski definition) is 3. The Kier molecular flexibility index (Phi) is 5.99. The predicted octanol–water partition coefficient (Wildman–Crippen LogP) is 3.45. The first-order chi connectivity index (χ1) is 10.8. The Morgan fingerprint density at radius 1 is 0.955 bits per heavy atom. The van der Waals surface area contributed by atoms with Crippen LogP contribution in [0.4, 0.5) is 0 Å². The molecule has 3 nitrogen and oxygen atoms in total. The lowest BCUT2D eigenvalue weighted by molar-refractivity contribution is 0.147. The van der Waals surface area contributed by atoms with Gasteiger partial charge in [-0.25, -0.2) is 0 Å². The Morgan fingerprint density at radius 2 is 1.68 bits per heavy atom. The number of benzene rings is 1. The van der Waals surface area contributed by atoms with Crippen LogP contribution in [0.25, 0.3) is 0 Å². The van der Waals surface area contributed by atoms with Gasteiger partial charge in [0.05, 0.1) is 5.02 Å². The van der Waals surface area contributed by atoms with Crippen LogP contribution < -0.4 is 4.74 Å². The van der Waals surface area contributed by atoms with Gasteiger partial charge in [-0.1, -0.05) is 17.7 Å². The SMILES string of the molecule is Clc1cc(CCCN2CCCC2)ccc1OCCN1CCC1. The highest BCUT2D eigenvalue weighted by atomic mass is 35.5. The van der Waals surface area contributed by atoms with E-state index in [2.05, 4.69) is 21.9 Å². The minimum Gasteiger partial charge on any atom is -0.491 e. The van der Waals surface area contributed by atoms with Crippen LogP contribution in [-0.4, -0.2) is 55.7 Å². The molecule has 4 heteroatoms. The van der Waals surface area contributed by atoms with Crippen molar-refractivity contribution in [2.24, 2.45) is 0 Å². The van der Waals surface area contributed by atoms with E-state index in [0.717, 1.165) is 30.3 Å². The summed E-state index contributed by atoms with van der Waals surface area (Å²) in [4.78, 5) is 4.97. The van der Waals surface area contributed by atoms with Crippen molar-refractivity contribution >= 4 is 11.6 Å². The number of hydrogen-bond donors (Lipinski definition) is 0. The zero-order valence-corrected chi connectivity index (χ0v) is 14.2. The van der Waals surface area contributed by atoms with Crippen molar-refractivity contribution < 1.29 is 4.74 Å². The highest BCUT2D eigenvalue weighted by molar-refractivity contribution is 6.32. The Bertz CT molecular complexity index is 470. The fraction of sp³-hybridized carbons (Fsp3) is 0.667. The molecule has 0 N–H and O–H groups in total. The van der Waals surface area contributed by atoms with Crippen molar-refractivity contribution in [1.29, 1.82) is 0 Å². The summed E-state index contributed by atoms with van der Waals surface area (Å²) in [6.45, 7) is 7.95. The predicted molar refractivity (Wildman–Crippen MR) is 92.0 cm³/mol. The van der Waals surface area contributed by atoms with Crippen molar-refractivity contribution in [3.63, 3.8) is 0 Å². The van der Waals surface area contributed by atoms with Gasteiger partial charge in [0, 0.05) is 6.54 Å². The first-order valence-electron chi connectivity index (χ1n) is 8.67. The molecule has 0 aromatic heterocycles. The summed E-state index contributed by atoms with van der Waals surface area (Å²) in [7, 11) is 0. The summed E-state index contributed by atoms with van der Waals surface area (Å²) in [5.74, 6) is 0.825. The molecular formula is C18H27ClN2O. The molecule has 0 amide bonds. The van der Waals surface area contributed by atoms with Gasteiger partial charge in [0.25, 0.3) is 0 Å². The molecule has 22 heavy (non-hydrogen) atoms. The number of aryl methyl sites for hydroxylation is 1. The lowest BCUT2D eigenvalue weighted by Gasteiger charge is -2.30. The highest BCUT2D eigenvalue weighted by Crippen LogP contribution is 2.26. The van der Waals surface area contributed by atoms with E-state index in [9.17, 15) is 0 Å². The summed E-state index contributed by atoms with van der Waals surface area (Å²) in [5, 5.41) is 0.752. The van der Waals surface area contributed by atoms with Gasteiger partial charge in [-0.2, -0.15) is 0 Å². The zero-order valence-electron chi connectivity index (χ0n) is 13.4. The number of nitrogens with zero attached hydrogens (tertiary/aromatic N) is 2. The number of ether oxygens (including phenoxy) is 1. The first-order valence-corrected chi connectivity index (χ1v) is 9.05. The fourth-order valence-electron chi connectivity index (χ4n) is 3.22. The van der Waals surface area contributed by atoms with E-state index in [1.807, 2.05) is 6.07 Å². The van der Waals surface area contributed by atoms with Crippen molar-refractivity contribution in [2.45, 2.75) is 32.1 Å². The third-order valence-corrected chi connectivity index (χ3v) is 5.04. The highest BCUT2D eigenvalue weighted by Gasteiger charge is 2.13. The molecule has 2 aliphatic heterocycles. The normalized spacial score (nSPS) is 19.3. The van der Waals surface area contributed by atoms with Gasteiger partial charge in [0.2, 0.25) is 0 Å². The molecule has 0 radical (unpaired) electrons. The van der Waals surface area contributed by atoms with E-state index in [4.69, 9.17) is 16.3 Å². The van der Waals surface area contributed by atoms with E-state index in [1.54, 1.807) is 0 Å². The summed E-state index contributed by atoms with van der Waals surface area (Å²) < 4.78 is 5.80. The molecule has 3 rings (SSSR count). The van der Waals surface area contributed by atoms with Gasteiger partial charge >= 0.3 is 0 Å². The summed E-state index contributed by atoms with van der Waals surface area (Å²) in [5.41, 5.74) is 1.32. The number of rotatable bonds is 8. The molecule has 2 fully saturated rings. The van der Waals surface area contributed by atoms with Gasteiger partial charge in [-0.15, -0.1) is 0 Å². The standard InChI is InChI=1S/C18H27ClN2O/c19-17-15-16(5-3-10-20-8-1-2-9-20)6-7-18(17)22-14-13-21-11-4-12-21/h6-7,15H,1-5,8-14H2. The lowest BCUT2D eigenvalue weighted by atomic mass is 10.1. The van der Waals surface area contributed by atoms with Gasteiger partial charge in [0.1, 0.15) is 12.4 Å². The van der Waals surface area contributed by atoms with Crippen LogP contribution in [0.3, 0.4) is 0 Å². The first kappa shape index (κ1) is 16.1. The molecule has 1 aromatic carbocycles. The smallest absolute Gasteiger partial charge is 0.137 e. The third kappa shape index (κ3) is 4.61. The molecule has 0 saturated carbocycles. The number of likely N-dealkylation sites (tertiary alicyclic amines) is 2. The van der Waals surface area contributed by atoms with Crippen molar-refractivity contribution in [1.82, 2.24) is 9.80 Å². The maximum absolute atomic E-state index is 6.35. The molecule has 2 heterocycles. The van der Waals surface area contributed by atoms with Gasteiger partial charge in [-0.05, 0) is 82.5 Å². The van der Waals surface area contributed by atoms with Crippen LogP contribution in [0.2, 0.25) is 5.02 Å². The average molecular weight is 323 g/mol. The molecule has 2 aliphatic rings. The Hall–Kier alpha value is -0.770. The van der Waals surface area contributed by atoms with Crippen molar-refractivity contribution in [2.75, 3.05) is 45.9 Å². The molecular weight excluding hydrogens is 296 g/mol. The van der Waals surface area contributed by atoms with Crippen LogP contribution in [0.1, 0.15) is 31.2 Å². The number of halogens is 1. The van der Waals surface area contributed by atoms with Crippen LogP contribution in [0.15, 0.2) is 18.2 Å². The van der Waals surface area contributed by atoms with Crippen LogP contribution in [0, 0.1) is 0 Å². The molecule has 0 spiro atoms. The van der Waals surface area contributed by atoms with E-state index >= 15 is 0 Å². The Morgan fingerprint density at radius 3 is 2.36 bits per heavy atom. The summed E-state index contributed by atoms with van der Waals surface area (Å²) in [6.07, 6.45) is 6.38. The molecule has 0 atom stereocenters. The molecule has 122 valence electrons. The fourth-order valence-corrected chi connectivity index (χ4v) is 3.48. The molecule has 2 saturated heterocycles. The summed E-state index contributed by atoms with van der Waals surface area (Å²) >= 11 is 6.35. The Balaban J connectivity index is 1.39. The lowest BCUT2D eigenvalue weighted by Crippen LogP contribution is -2.39. The molecule has 0 aliphatic carbocycles. The van der Waals surface area contributed by atoms with Gasteiger partial charge < -0.3 is 9.64 Å². The van der Waals surface area contributed by atoms with Gasteiger partial charge in [0.15, 0.2) is 0 Å². The largest absolute Gasteiger partial charge is 0.491 e. The summed E-state index contributed by atoms with van der Waals surface area (Å²) in [6, 6.07) is 6.27. The third-order valence-electron chi connectivity index (χ3n) is 4.75. The minimum absolute atomic E-state index is 0.730. The van der Waals surface area contributed by atoms with Gasteiger partial charge in [-0.3, -0.25) is 4.90 Å². The maximum atomic E-state index is 6.35. The maximum Gasteiger partial charge on any atom is 0.137 e. The van der Waals surface area contributed by atoms with Crippen LogP contribution >= 0.6 is 11.6 Å². The topological polar surface area (TPSA) is 15.7 Å². The average Bonchev–Trinajstić information content (AvgIpc) is 2.97. The second-order valence-electron chi connectivity index (χ2n) is 6.46. The quantitative estimate of drug-likeness (QED) is 0.729. The van der Waals surface area contributed by atoms with Crippen molar-refractivity contribution in [3.05, 3.63) is 28.8 Å². The van der Waals surface area contributed by atoms with E-state index in [0.29, 0.717) is 0 Å². The van der Waals surface area contributed by atoms with Crippen LogP contribution in [0.5, 0.6) is 5.75 Å². The monoisotopic (exact) mass is 322 g/mol. The van der Waals surface area contributed by atoms with E-state index < -0.39 is 0 Å². The molecule has 0 unspecified atom stereocenters. The minimum atomic E-state index is 0.730.